The van der Waals surface area contributed by atoms with Crippen LogP contribution in [0.5, 0.6) is 0 Å². The van der Waals surface area contributed by atoms with E-state index in [1.165, 1.54) is 0 Å². The van der Waals surface area contributed by atoms with Crippen LogP contribution in [0.25, 0.3) is 0 Å². The smallest absolute Gasteiger partial charge is 0.413 e. The van der Waals surface area contributed by atoms with E-state index in [9.17, 15) is 9.59 Å². The average Bonchev–Trinajstić information content (AvgIpc) is 1.95. The van der Waals surface area contributed by atoms with Crippen LogP contribution in [0.1, 0.15) is 19.8 Å². The van der Waals surface area contributed by atoms with E-state index in [0.717, 1.165) is 12.8 Å². The molecule has 1 saturated heterocycles. The second-order valence-electron chi connectivity index (χ2n) is 2.67. The molecule has 1 rings (SSSR count). The zero-order chi connectivity index (χ0) is 8.27. The molecule has 62 valence electrons. The van der Waals surface area contributed by atoms with Gasteiger partial charge in [-0.05, 0) is 12.8 Å². The minimum Gasteiger partial charge on any atom is -0.449 e. The highest BCUT2D eigenvalue weighted by Crippen LogP contribution is 2.07. The van der Waals surface area contributed by atoms with Crippen molar-refractivity contribution in [3.63, 3.8) is 0 Å². The molecular formula is C7H11NO3. The van der Waals surface area contributed by atoms with Crippen molar-refractivity contribution < 1.29 is 14.3 Å². The van der Waals surface area contributed by atoms with Gasteiger partial charge in [-0.15, -0.1) is 0 Å². The second-order valence-corrected chi connectivity index (χ2v) is 2.67. The molecular weight excluding hydrogens is 146 g/mol. The minimum atomic E-state index is -0.624. The van der Waals surface area contributed by atoms with Crippen molar-refractivity contribution in [3.8, 4) is 0 Å². The SMILES string of the molecule is CC1CCCOC(=O)NC1=O. The van der Waals surface area contributed by atoms with E-state index >= 15 is 0 Å². The topological polar surface area (TPSA) is 55.4 Å². The summed E-state index contributed by atoms with van der Waals surface area (Å²) in [6.07, 6.45) is 0.918. The molecule has 1 aliphatic rings. The van der Waals surface area contributed by atoms with Gasteiger partial charge in [-0.1, -0.05) is 6.92 Å². The van der Waals surface area contributed by atoms with Gasteiger partial charge in [-0.2, -0.15) is 0 Å². The number of alkyl carbamates (subject to hydrolysis) is 1. The van der Waals surface area contributed by atoms with Gasteiger partial charge in [-0.25, -0.2) is 4.79 Å². The predicted octanol–water partition coefficient (Wildman–Crippen LogP) is 0.669. The second kappa shape index (κ2) is 3.37. The molecule has 0 aromatic rings. The molecule has 4 nitrogen and oxygen atoms in total. The first-order chi connectivity index (χ1) is 5.20. The van der Waals surface area contributed by atoms with Crippen LogP contribution in [0.2, 0.25) is 0 Å². The number of carbonyl (C=O) groups is 2. The zero-order valence-corrected chi connectivity index (χ0v) is 6.42. The van der Waals surface area contributed by atoms with Crippen LogP contribution in [0.15, 0.2) is 0 Å². The molecule has 1 N–H and O–H groups in total. The Hall–Kier alpha value is -1.06. The lowest BCUT2D eigenvalue weighted by Gasteiger charge is -2.14. The molecule has 11 heavy (non-hydrogen) atoms. The van der Waals surface area contributed by atoms with Gasteiger partial charge in [0.25, 0.3) is 0 Å². The zero-order valence-electron chi connectivity index (χ0n) is 6.42. The molecule has 0 aromatic heterocycles. The monoisotopic (exact) mass is 157 g/mol. The summed E-state index contributed by atoms with van der Waals surface area (Å²) in [7, 11) is 0. The van der Waals surface area contributed by atoms with E-state index in [-0.39, 0.29) is 11.8 Å². The van der Waals surface area contributed by atoms with Gasteiger partial charge in [0.2, 0.25) is 5.91 Å². The maximum absolute atomic E-state index is 11.0. The van der Waals surface area contributed by atoms with Crippen LogP contribution in [-0.4, -0.2) is 18.6 Å². The van der Waals surface area contributed by atoms with E-state index in [0.29, 0.717) is 6.61 Å². The Balaban J connectivity index is 2.51. The van der Waals surface area contributed by atoms with Gasteiger partial charge in [-0.3, -0.25) is 10.1 Å². The molecule has 1 fully saturated rings. The highest BCUT2D eigenvalue weighted by atomic mass is 16.5. The summed E-state index contributed by atoms with van der Waals surface area (Å²) in [5, 5.41) is 2.13. The molecule has 1 aliphatic heterocycles. The van der Waals surface area contributed by atoms with E-state index in [2.05, 4.69) is 10.1 Å². The summed E-state index contributed by atoms with van der Waals surface area (Å²) in [6, 6.07) is 0. The Morgan fingerprint density at radius 1 is 1.55 bits per heavy atom. The number of rotatable bonds is 0. The normalized spacial score (nSPS) is 26.5. The lowest BCUT2D eigenvalue weighted by atomic mass is 10.1. The molecule has 0 radical (unpaired) electrons. The first-order valence-corrected chi connectivity index (χ1v) is 3.68. The fraction of sp³-hybridized carbons (Fsp3) is 0.714. The molecule has 1 atom stereocenters. The number of carbonyl (C=O) groups excluding carboxylic acids is 2. The molecule has 0 saturated carbocycles. The molecule has 1 unspecified atom stereocenters. The number of cyclic esters (lactones) is 1. The molecule has 1 heterocycles. The number of nitrogens with one attached hydrogen (secondary N) is 1. The Bertz CT molecular complexity index is 179. The van der Waals surface area contributed by atoms with Gasteiger partial charge >= 0.3 is 6.09 Å². The fourth-order valence-corrected chi connectivity index (χ4v) is 0.945. The first kappa shape index (κ1) is 8.04. The molecule has 4 heteroatoms. The van der Waals surface area contributed by atoms with Crippen LogP contribution >= 0.6 is 0 Å². The molecule has 2 amide bonds. The van der Waals surface area contributed by atoms with Crippen LogP contribution in [0, 0.1) is 5.92 Å². The van der Waals surface area contributed by atoms with Crippen molar-refractivity contribution in [1.82, 2.24) is 5.32 Å². The van der Waals surface area contributed by atoms with Crippen LogP contribution in [0.4, 0.5) is 4.79 Å². The van der Waals surface area contributed by atoms with E-state index in [1.807, 2.05) is 0 Å². The lowest BCUT2D eigenvalue weighted by molar-refractivity contribution is -0.124. The van der Waals surface area contributed by atoms with E-state index < -0.39 is 6.09 Å². The van der Waals surface area contributed by atoms with Gasteiger partial charge in [0.05, 0.1) is 6.61 Å². The van der Waals surface area contributed by atoms with Crippen molar-refractivity contribution in [2.75, 3.05) is 6.61 Å². The van der Waals surface area contributed by atoms with Crippen LogP contribution < -0.4 is 5.32 Å². The van der Waals surface area contributed by atoms with Gasteiger partial charge in [0, 0.05) is 5.92 Å². The summed E-state index contributed by atoms with van der Waals surface area (Å²) in [5.74, 6) is -0.322. The minimum absolute atomic E-state index is 0.0807. The maximum atomic E-state index is 11.0. The van der Waals surface area contributed by atoms with E-state index in [1.54, 1.807) is 6.92 Å². The third kappa shape index (κ3) is 2.22. The fourth-order valence-electron chi connectivity index (χ4n) is 0.945. The maximum Gasteiger partial charge on any atom is 0.413 e. The number of hydrogen-bond acceptors (Lipinski definition) is 3. The molecule has 0 aliphatic carbocycles. The van der Waals surface area contributed by atoms with Gasteiger partial charge in [0.15, 0.2) is 0 Å². The average molecular weight is 157 g/mol. The van der Waals surface area contributed by atoms with Crippen molar-refractivity contribution in [2.45, 2.75) is 19.8 Å². The molecule has 0 bridgehead atoms. The molecule has 0 spiro atoms. The van der Waals surface area contributed by atoms with Gasteiger partial charge < -0.3 is 4.74 Å². The third-order valence-corrected chi connectivity index (χ3v) is 1.69. The Morgan fingerprint density at radius 2 is 2.27 bits per heavy atom. The highest BCUT2D eigenvalue weighted by Gasteiger charge is 2.18. The van der Waals surface area contributed by atoms with Gasteiger partial charge in [0.1, 0.15) is 0 Å². The number of hydrogen-bond donors (Lipinski definition) is 1. The summed E-state index contributed by atoms with van der Waals surface area (Å²) in [4.78, 5) is 21.6. The predicted molar refractivity (Wildman–Crippen MR) is 37.9 cm³/mol. The summed E-state index contributed by atoms with van der Waals surface area (Å²) >= 11 is 0. The lowest BCUT2D eigenvalue weighted by Crippen LogP contribution is -2.37. The largest absolute Gasteiger partial charge is 0.449 e. The summed E-state index contributed by atoms with van der Waals surface area (Å²) in [5.41, 5.74) is 0. The standard InChI is InChI=1S/C7H11NO3/c1-5-3-2-4-11-7(10)8-6(5)9/h5H,2-4H2,1H3,(H,8,9,10). The Morgan fingerprint density at radius 3 is 3.00 bits per heavy atom. The molecule has 0 aromatic carbocycles. The summed E-state index contributed by atoms with van der Waals surface area (Å²) in [6.45, 7) is 2.21. The Labute approximate surface area is 64.9 Å². The third-order valence-electron chi connectivity index (χ3n) is 1.69. The van der Waals surface area contributed by atoms with Crippen molar-refractivity contribution in [2.24, 2.45) is 5.92 Å². The first-order valence-electron chi connectivity index (χ1n) is 3.68. The number of ether oxygens (including phenoxy) is 1. The highest BCUT2D eigenvalue weighted by molar-refractivity contribution is 5.93. The quantitative estimate of drug-likeness (QED) is 0.562. The van der Waals surface area contributed by atoms with Crippen LogP contribution in [-0.2, 0) is 9.53 Å². The van der Waals surface area contributed by atoms with Crippen molar-refractivity contribution in [3.05, 3.63) is 0 Å². The number of imide groups is 1. The van der Waals surface area contributed by atoms with E-state index in [4.69, 9.17) is 0 Å². The number of amides is 2. The van der Waals surface area contributed by atoms with Crippen molar-refractivity contribution in [1.29, 1.82) is 0 Å². The van der Waals surface area contributed by atoms with Crippen molar-refractivity contribution >= 4 is 12.0 Å². The summed E-state index contributed by atoms with van der Waals surface area (Å²) < 4.78 is 4.63. The van der Waals surface area contributed by atoms with Crippen LogP contribution in [0.3, 0.4) is 0 Å². The Kier molecular flexibility index (Phi) is 2.46.